The fraction of sp³-hybridized carbons (Fsp3) is 0.667. The fourth-order valence-electron chi connectivity index (χ4n) is 2.10. The monoisotopic (exact) mass is 270 g/mol. The number of methoxy groups -OCH3 is 1. The molecule has 1 unspecified atom stereocenters. The minimum atomic E-state index is 0.326. The second-order valence-electron chi connectivity index (χ2n) is 4.66. The van der Waals surface area contributed by atoms with Crippen molar-refractivity contribution in [1.82, 2.24) is 9.97 Å². The summed E-state index contributed by atoms with van der Waals surface area (Å²) in [5.41, 5.74) is 5.74. The van der Waals surface area contributed by atoms with Crippen LogP contribution in [0.25, 0.3) is 0 Å². The number of ether oxygens (including phenoxy) is 1. The Morgan fingerprint density at radius 3 is 2.89 bits per heavy atom. The van der Waals surface area contributed by atoms with Crippen molar-refractivity contribution in [2.75, 3.05) is 30.9 Å². The van der Waals surface area contributed by atoms with Crippen LogP contribution in [0.1, 0.15) is 19.8 Å². The van der Waals surface area contributed by atoms with Gasteiger partial charge in [0.25, 0.3) is 0 Å². The molecular formula is C12H19ClN4O. The van der Waals surface area contributed by atoms with E-state index < -0.39 is 0 Å². The average molecular weight is 271 g/mol. The Hall–Kier alpha value is -1.07. The molecule has 1 atom stereocenters. The molecule has 1 saturated carbocycles. The van der Waals surface area contributed by atoms with Gasteiger partial charge in [0.15, 0.2) is 5.82 Å². The summed E-state index contributed by atoms with van der Waals surface area (Å²) in [6, 6.07) is 0.395. The van der Waals surface area contributed by atoms with Gasteiger partial charge in [0.2, 0.25) is 0 Å². The summed E-state index contributed by atoms with van der Waals surface area (Å²) in [7, 11) is 1.69. The van der Waals surface area contributed by atoms with E-state index in [9.17, 15) is 0 Å². The molecule has 1 aliphatic carbocycles. The van der Waals surface area contributed by atoms with Crippen molar-refractivity contribution in [2.24, 2.45) is 5.92 Å². The van der Waals surface area contributed by atoms with E-state index in [-0.39, 0.29) is 0 Å². The Labute approximate surface area is 112 Å². The normalized spacial score (nSPS) is 16.6. The number of anilines is 2. The summed E-state index contributed by atoms with van der Waals surface area (Å²) < 4.78 is 5.15. The van der Waals surface area contributed by atoms with Crippen LogP contribution in [0, 0.1) is 5.92 Å². The third kappa shape index (κ3) is 2.84. The summed E-state index contributed by atoms with van der Waals surface area (Å²) in [6.07, 6.45) is 3.99. The molecular weight excluding hydrogens is 252 g/mol. The van der Waals surface area contributed by atoms with Crippen molar-refractivity contribution in [3.05, 3.63) is 11.3 Å². The van der Waals surface area contributed by atoms with Crippen LogP contribution in [0.4, 0.5) is 11.6 Å². The SMILES string of the molecule is COCCN(c1ncnc(N)c1Cl)C(C)C1CC1. The van der Waals surface area contributed by atoms with Crippen LogP contribution >= 0.6 is 11.6 Å². The van der Waals surface area contributed by atoms with Gasteiger partial charge in [-0.15, -0.1) is 0 Å². The van der Waals surface area contributed by atoms with Crippen LogP contribution < -0.4 is 10.6 Å². The number of nitrogen functional groups attached to an aromatic ring is 1. The minimum Gasteiger partial charge on any atom is -0.383 e. The van der Waals surface area contributed by atoms with Crippen LogP contribution in [0.3, 0.4) is 0 Å². The zero-order valence-corrected chi connectivity index (χ0v) is 11.5. The highest BCUT2D eigenvalue weighted by molar-refractivity contribution is 6.35. The molecule has 0 bridgehead atoms. The Morgan fingerprint density at radius 1 is 1.56 bits per heavy atom. The molecule has 0 amide bonds. The molecule has 0 saturated heterocycles. The third-order valence-corrected chi connectivity index (χ3v) is 3.76. The molecule has 1 heterocycles. The van der Waals surface area contributed by atoms with Crippen LogP contribution in [0.2, 0.25) is 5.02 Å². The highest BCUT2D eigenvalue weighted by atomic mass is 35.5. The maximum Gasteiger partial charge on any atom is 0.153 e. The van der Waals surface area contributed by atoms with Gasteiger partial charge in [-0.1, -0.05) is 11.6 Å². The summed E-state index contributed by atoms with van der Waals surface area (Å²) in [4.78, 5) is 10.3. The van der Waals surface area contributed by atoms with Crippen LogP contribution in [0.15, 0.2) is 6.33 Å². The largest absolute Gasteiger partial charge is 0.383 e. The number of aromatic nitrogens is 2. The van der Waals surface area contributed by atoms with E-state index >= 15 is 0 Å². The van der Waals surface area contributed by atoms with E-state index in [0.29, 0.717) is 35.2 Å². The molecule has 0 aromatic carbocycles. The van der Waals surface area contributed by atoms with E-state index in [1.54, 1.807) is 7.11 Å². The summed E-state index contributed by atoms with van der Waals surface area (Å²) >= 11 is 6.20. The molecule has 2 rings (SSSR count). The maximum absolute atomic E-state index is 6.20. The van der Waals surface area contributed by atoms with E-state index in [1.165, 1.54) is 19.2 Å². The molecule has 18 heavy (non-hydrogen) atoms. The van der Waals surface area contributed by atoms with E-state index in [0.717, 1.165) is 6.54 Å². The van der Waals surface area contributed by atoms with Crippen molar-refractivity contribution < 1.29 is 4.74 Å². The zero-order valence-electron chi connectivity index (χ0n) is 10.8. The van der Waals surface area contributed by atoms with E-state index in [2.05, 4.69) is 21.8 Å². The van der Waals surface area contributed by atoms with E-state index in [4.69, 9.17) is 22.1 Å². The molecule has 6 heteroatoms. The topological polar surface area (TPSA) is 64.3 Å². The molecule has 5 nitrogen and oxygen atoms in total. The predicted octanol–water partition coefficient (Wildman–Crippen LogP) is 1.96. The first-order chi connectivity index (χ1) is 8.65. The maximum atomic E-state index is 6.20. The number of nitrogens with two attached hydrogens (primary N) is 1. The molecule has 2 N–H and O–H groups in total. The molecule has 0 radical (unpaired) electrons. The summed E-state index contributed by atoms with van der Waals surface area (Å²) in [6.45, 7) is 3.59. The van der Waals surface area contributed by atoms with Crippen molar-refractivity contribution in [3.8, 4) is 0 Å². The molecule has 0 aliphatic heterocycles. The van der Waals surface area contributed by atoms with Crippen LogP contribution in [-0.2, 0) is 4.74 Å². The summed E-state index contributed by atoms with van der Waals surface area (Å²) in [5.74, 6) is 1.75. The van der Waals surface area contributed by atoms with Gasteiger partial charge in [-0.3, -0.25) is 0 Å². The van der Waals surface area contributed by atoms with Gasteiger partial charge in [0, 0.05) is 19.7 Å². The molecule has 100 valence electrons. The lowest BCUT2D eigenvalue weighted by molar-refractivity contribution is 0.202. The third-order valence-electron chi connectivity index (χ3n) is 3.40. The molecule has 1 aromatic rings. The Balaban J connectivity index is 2.23. The number of hydrogen-bond acceptors (Lipinski definition) is 5. The molecule has 1 aliphatic rings. The minimum absolute atomic E-state index is 0.326. The number of halogens is 1. The highest BCUT2D eigenvalue weighted by Gasteiger charge is 2.33. The quantitative estimate of drug-likeness (QED) is 0.856. The summed E-state index contributed by atoms with van der Waals surface area (Å²) in [5, 5.41) is 0.432. The first kappa shape index (κ1) is 13.4. The average Bonchev–Trinajstić information content (AvgIpc) is 3.18. The lowest BCUT2D eigenvalue weighted by Gasteiger charge is -2.30. The first-order valence-corrected chi connectivity index (χ1v) is 6.54. The van der Waals surface area contributed by atoms with Gasteiger partial charge in [0.1, 0.15) is 17.2 Å². The van der Waals surface area contributed by atoms with Gasteiger partial charge in [-0.25, -0.2) is 9.97 Å². The standard InChI is InChI=1S/C12H19ClN4O/c1-8(9-3-4-9)17(5-6-18-2)12-10(13)11(14)15-7-16-12/h7-9H,3-6H2,1-2H3,(H2,14,15,16). The van der Waals surface area contributed by atoms with Gasteiger partial charge < -0.3 is 15.4 Å². The predicted molar refractivity (Wildman–Crippen MR) is 72.9 cm³/mol. The first-order valence-electron chi connectivity index (χ1n) is 6.16. The molecule has 0 spiro atoms. The second-order valence-corrected chi connectivity index (χ2v) is 5.04. The Morgan fingerprint density at radius 2 is 2.28 bits per heavy atom. The Bertz CT molecular complexity index is 411. The smallest absolute Gasteiger partial charge is 0.153 e. The van der Waals surface area contributed by atoms with Crippen molar-refractivity contribution >= 4 is 23.2 Å². The zero-order chi connectivity index (χ0) is 13.1. The van der Waals surface area contributed by atoms with Gasteiger partial charge >= 0.3 is 0 Å². The second kappa shape index (κ2) is 5.71. The Kier molecular flexibility index (Phi) is 4.24. The van der Waals surface area contributed by atoms with Gasteiger partial charge in [-0.05, 0) is 25.7 Å². The number of nitrogens with zero attached hydrogens (tertiary/aromatic N) is 3. The molecule has 1 fully saturated rings. The number of hydrogen-bond donors (Lipinski definition) is 1. The van der Waals surface area contributed by atoms with Crippen molar-refractivity contribution in [3.63, 3.8) is 0 Å². The van der Waals surface area contributed by atoms with Crippen LogP contribution in [-0.4, -0.2) is 36.3 Å². The van der Waals surface area contributed by atoms with Gasteiger partial charge in [0.05, 0.1) is 6.61 Å². The lowest BCUT2D eigenvalue weighted by Crippen LogP contribution is -2.38. The van der Waals surface area contributed by atoms with Crippen molar-refractivity contribution in [2.45, 2.75) is 25.8 Å². The lowest BCUT2D eigenvalue weighted by atomic mass is 10.2. The van der Waals surface area contributed by atoms with Crippen LogP contribution in [0.5, 0.6) is 0 Å². The molecule has 1 aromatic heterocycles. The fourth-order valence-corrected chi connectivity index (χ4v) is 2.31. The van der Waals surface area contributed by atoms with Gasteiger partial charge in [-0.2, -0.15) is 0 Å². The van der Waals surface area contributed by atoms with Crippen molar-refractivity contribution in [1.29, 1.82) is 0 Å². The van der Waals surface area contributed by atoms with E-state index in [1.807, 2.05) is 0 Å². The highest BCUT2D eigenvalue weighted by Crippen LogP contribution is 2.38. The number of rotatable bonds is 6.